The molecule has 0 spiro atoms. The Labute approximate surface area is 133 Å². The number of hydrogen-bond donors (Lipinski definition) is 2. The number of thioether (sulfide) groups is 1. The molecule has 0 aromatic heterocycles. The van der Waals surface area contributed by atoms with Gasteiger partial charge in [0.2, 0.25) is 11.8 Å². The smallest absolute Gasteiger partial charge is 0.354 e. The van der Waals surface area contributed by atoms with Crippen molar-refractivity contribution in [3.63, 3.8) is 0 Å². The van der Waals surface area contributed by atoms with Gasteiger partial charge in [0.05, 0.1) is 15.8 Å². The third-order valence-corrected chi connectivity index (χ3v) is 4.49. The van der Waals surface area contributed by atoms with Crippen LogP contribution < -0.4 is 10.6 Å². The van der Waals surface area contributed by atoms with Crippen molar-refractivity contribution in [3.05, 3.63) is 28.8 Å². The van der Waals surface area contributed by atoms with Crippen LogP contribution in [0.4, 0.5) is 18.9 Å². The molecule has 1 aliphatic heterocycles. The molecule has 2 N–H and O–H groups in total. The molecule has 1 aromatic rings. The summed E-state index contributed by atoms with van der Waals surface area (Å²) in [5.41, 5.74) is -1.03. The fourth-order valence-corrected chi connectivity index (χ4v) is 3.15. The van der Waals surface area contributed by atoms with Crippen LogP contribution in [0.15, 0.2) is 18.2 Å². The summed E-state index contributed by atoms with van der Waals surface area (Å²) in [4.78, 5) is 23.4. The molecular weight excluding hydrogens is 341 g/mol. The van der Waals surface area contributed by atoms with Crippen molar-refractivity contribution in [3.8, 4) is 0 Å². The second kappa shape index (κ2) is 6.78. The van der Waals surface area contributed by atoms with Gasteiger partial charge in [-0.3, -0.25) is 9.59 Å². The topological polar surface area (TPSA) is 58.2 Å². The summed E-state index contributed by atoms with van der Waals surface area (Å²) in [5.74, 6) is -0.0634. The van der Waals surface area contributed by atoms with Crippen molar-refractivity contribution in [2.24, 2.45) is 0 Å². The summed E-state index contributed by atoms with van der Waals surface area (Å²) >= 11 is 6.85. The molecule has 1 fully saturated rings. The third-order valence-electron chi connectivity index (χ3n) is 2.94. The first-order valence-corrected chi connectivity index (χ1v) is 7.76. The van der Waals surface area contributed by atoms with Crippen molar-refractivity contribution < 1.29 is 22.8 Å². The van der Waals surface area contributed by atoms with Crippen LogP contribution in [-0.4, -0.2) is 29.4 Å². The highest BCUT2D eigenvalue weighted by atomic mass is 35.5. The van der Waals surface area contributed by atoms with E-state index < -0.39 is 27.9 Å². The second-order valence-corrected chi connectivity index (χ2v) is 6.31. The Morgan fingerprint density at radius 1 is 1.45 bits per heavy atom. The van der Waals surface area contributed by atoms with Crippen LogP contribution in [0.2, 0.25) is 5.02 Å². The molecule has 0 radical (unpaired) electrons. The van der Waals surface area contributed by atoms with Crippen LogP contribution in [0.1, 0.15) is 12.0 Å². The number of anilines is 1. The zero-order valence-electron chi connectivity index (χ0n) is 11.2. The van der Waals surface area contributed by atoms with Crippen molar-refractivity contribution >= 4 is 40.9 Å². The Hall–Kier alpha value is -1.41. The average Bonchev–Trinajstić information content (AvgIpc) is 2.42. The van der Waals surface area contributed by atoms with Crippen LogP contribution in [-0.2, 0) is 15.8 Å². The first kappa shape index (κ1) is 17.0. The summed E-state index contributed by atoms with van der Waals surface area (Å²) in [5, 5.41) is 4.03. The lowest BCUT2D eigenvalue weighted by Gasteiger charge is -2.21. The van der Waals surface area contributed by atoms with Crippen molar-refractivity contribution in [1.29, 1.82) is 0 Å². The Balaban J connectivity index is 2.04. The van der Waals surface area contributed by atoms with E-state index in [-0.39, 0.29) is 18.0 Å². The fourth-order valence-electron chi connectivity index (χ4n) is 1.92. The number of rotatable bonds is 3. The van der Waals surface area contributed by atoms with E-state index in [9.17, 15) is 22.8 Å². The van der Waals surface area contributed by atoms with Gasteiger partial charge in [-0.25, -0.2) is 0 Å². The molecule has 1 heterocycles. The standard InChI is InChI=1S/C13H12ClF3N2O2S/c14-9-2-1-7(5-8(9)13(15,16)17)19-11(20)6-10-12(21)18-3-4-22-10/h1-2,5,10H,3-4,6H2,(H,18,21)(H,19,20)/t10-/m1/s1. The lowest BCUT2D eigenvalue weighted by molar-refractivity contribution is -0.137. The van der Waals surface area contributed by atoms with Crippen molar-refractivity contribution in [1.82, 2.24) is 5.32 Å². The molecule has 2 rings (SSSR count). The Kier molecular flexibility index (Phi) is 5.23. The minimum Gasteiger partial charge on any atom is -0.354 e. The van der Waals surface area contributed by atoms with Crippen LogP contribution >= 0.6 is 23.4 Å². The van der Waals surface area contributed by atoms with Gasteiger partial charge in [-0.1, -0.05) is 11.6 Å². The van der Waals surface area contributed by atoms with Gasteiger partial charge in [-0.05, 0) is 18.2 Å². The molecule has 9 heteroatoms. The van der Waals surface area contributed by atoms with Gasteiger partial charge in [0, 0.05) is 24.4 Å². The van der Waals surface area contributed by atoms with Gasteiger partial charge in [0.25, 0.3) is 0 Å². The summed E-state index contributed by atoms with van der Waals surface area (Å²) < 4.78 is 38.2. The van der Waals surface area contributed by atoms with Gasteiger partial charge in [-0.15, -0.1) is 11.8 Å². The van der Waals surface area contributed by atoms with E-state index in [1.54, 1.807) is 0 Å². The molecular formula is C13H12ClF3N2O2S. The molecule has 0 unspecified atom stereocenters. The molecule has 0 aliphatic carbocycles. The summed E-state index contributed by atoms with van der Waals surface area (Å²) in [6.45, 7) is 0.549. The highest BCUT2D eigenvalue weighted by Gasteiger charge is 2.33. The SMILES string of the molecule is O=C(C[C@H]1SCCNC1=O)Nc1ccc(Cl)c(C(F)(F)F)c1. The number of hydrogen-bond acceptors (Lipinski definition) is 3. The molecule has 4 nitrogen and oxygen atoms in total. The number of alkyl halides is 3. The molecule has 2 amide bonds. The van der Waals surface area contributed by atoms with Crippen LogP contribution in [0.3, 0.4) is 0 Å². The lowest BCUT2D eigenvalue weighted by Crippen LogP contribution is -2.40. The van der Waals surface area contributed by atoms with Gasteiger partial charge >= 0.3 is 6.18 Å². The minimum atomic E-state index is -4.60. The molecule has 1 saturated heterocycles. The summed E-state index contributed by atoms with van der Waals surface area (Å²) in [6, 6.07) is 3.12. The third kappa shape index (κ3) is 4.30. The Morgan fingerprint density at radius 2 is 2.18 bits per heavy atom. The zero-order chi connectivity index (χ0) is 16.3. The number of carbonyl (C=O) groups is 2. The predicted octanol–water partition coefficient (Wildman–Crippen LogP) is 2.92. The fraction of sp³-hybridized carbons (Fsp3) is 0.385. The van der Waals surface area contributed by atoms with Gasteiger partial charge in [0.1, 0.15) is 0 Å². The van der Waals surface area contributed by atoms with Gasteiger partial charge in [0.15, 0.2) is 0 Å². The number of benzene rings is 1. The van der Waals surface area contributed by atoms with Crippen LogP contribution in [0.25, 0.3) is 0 Å². The van der Waals surface area contributed by atoms with Gasteiger partial charge < -0.3 is 10.6 Å². The monoisotopic (exact) mass is 352 g/mol. The molecule has 1 aromatic carbocycles. The van der Waals surface area contributed by atoms with E-state index in [1.165, 1.54) is 17.8 Å². The zero-order valence-corrected chi connectivity index (χ0v) is 12.7. The number of halogens is 4. The Morgan fingerprint density at radius 3 is 2.82 bits per heavy atom. The maximum atomic E-state index is 12.7. The van der Waals surface area contributed by atoms with E-state index >= 15 is 0 Å². The normalized spacial score (nSPS) is 18.7. The number of nitrogens with one attached hydrogen (secondary N) is 2. The number of amides is 2. The summed E-state index contributed by atoms with van der Waals surface area (Å²) in [7, 11) is 0. The van der Waals surface area contributed by atoms with E-state index in [0.29, 0.717) is 12.3 Å². The van der Waals surface area contributed by atoms with Crippen LogP contribution in [0.5, 0.6) is 0 Å². The molecule has 0 saturated carbocycles. The highest BCUT2D eigenvalue weighted by molar-refractivity contribution is 8.00. The minimum absolute atomic E-state index is 0.0112. The number of carbonyl (C=O) groups excluding carboxylic acids is 2. The maximum Gasteiger partial charge on any atom is 0.417 e. The largest absolute Gasteiger partial charge is 0.417 e. The average molecular weight is 353 g/mol. The van der Waals surface area contributed by atoms with E-state index in [0.717, 1.165) is 12.1 Å². The van der Waals surface area contributed by atoms with E-state index in [4.69, 9.17) is 11.6 Å². The second-order valence-electron chi connectivity index (χ2n) is 4.60. The lowest BCUT2D eigenvalue weighted by atomic mass is 10.2. The molecule has 1 atom stereocenters. The highest BCUT2D eigenvalue weighted by Crippen LogP contribution is 2.36. The first-order valence-electron chi connectivity index (χ1n) is 6.33. The van der Waals surface area contributed by atoms with E-state index in [1.807, 2.05) is 0 Å². The quantitative estimate of drug-likeness (QED) is 0.879. The Bertz CT molecular complexity index is 595. The van der Waals surface area contributed by atoms with Crippen molar-refractivity contribution in [2.75, 3.05) is 17.6 Å². The molecule has 22 heavy (non-hydrogen) atoms. The van der Waals surface area contributed by atoms with Crippen molar-refractivity contribution in [2.45, 2.75) is 17.8 Å². The van der Waals surface area contributed by atoms with E-state index in [2.05, 4.69) is 10.6 Å². The predicted molar refractivity (Wildman–Crippen MR) is 79.0 cm³/mol. The molecule has 120 valence electrons. The first-order chi connectivity index (χ1) is 10.3. The maximum absolute atomic E-state index is 12.7. The van der Waals surface area contributed by atoms with Gasteiger partial charge in [-0.2, -0.15) is 13.2 Å². The summed E-state index contributed by atoms with van der Waals surface area (Å²) in [6.07, 6.45) is -4.70. The molecule has 1 aliphatic rings. The van der Waals surface area contributed by atoms with Crippen LogP contribution in [0, 0.1) is 0 Å². The molecule has 0 bridgehead atoms.